The van der Waals surface area contributed by atoms with Crippen molar-refractivity contribution < 1.29 is 13.2 Å². The molecule has 0 unspecified atom stereocenters. The highest BCUT2D eigenvalue weighted by atomic mass is 32.2. The van der Waals surface area contributed by atoms with E-state index in [1.807, 2.05) is 56.1 Å². The topological polar surface area (TPSA) is 78.5 Å². The van der Waals surface area contributed by atoms with E-state index in [-0.39, 0.29) is 16.7 Å². The second kappa shape index (κ2) is 9.53. The normalized spacial score (nSPS) is 12.6. The van der Waals surface area contributed by atoms with E-state index >= 15 is 0 Å². The Kier molecular flexibility index (Phi) is 7.38. The molecule has 2 aromatic carbocycles. The predicted molar refractivity (Wildman–Crippen MR) is 108 cm³/mol. The molecule has 1 atom stereocenters. The van der Waals surface area contributed by atoms with E-state index in [2.05, 4.69) is 10.0 Å². The first kappa shape index (κ1) is 20.9. The van der Waals surface area contributed by atoms with E-state index in [0.29, 0.717) is 13.1 Å². The molecule has 2 rings (SSSR count). The zero-order valence-corrected chi connectivity index (χ0v) is 16.7. The monoisotopic (exact) mass is 389 g/mol. The first-order chi connectivity index (χ1) is 12.8. The zero-order chi connectivity index (χ0) is 19.9. The summed E-state index contributed by atoms with van der Waals surface area (Å²) in [6.07, 6.45) is 0. The summed E-state index contributed by atoms with van der Waals surface area (Å²) in [5, 5.41) is 2.83. The molecule has 0 saturated carbocycles. The Hall–Kier alpha value is -2.38. The molecule has 0 radical (unpaired) electrons. The number of sulfonamides is 1. The summed E-state index contributed by atoms with van der Waals surface area (Å²) in [5.74, 6) is -0.513. The van der Waals surface area contributed by atoms with Crippen LogP contribution < -0.4 is 14.9 Å². The summed E-state index contributed by atoms with van der Waals surface area (Å²) < 4.78 is 27.6. The molecule has 146 valence electrons. The van der Waals surface area contributed by atoms with Crippen molar-refractivity contribution in [2.24, 2.45) is 5.92 Å². The van der Waals surface area contributed by atoms with Gasteiger partial charge in [-0.25, -0.2) is 8.42 Å². The average Bonchev–Trinajstić information content (AvgIpc) is 2.67. The van der Waals surface area contributed by atoms with Gasteiger partial charge in [0.15, 0.2) is 0 Å². The maximum absolute atomic E-state index is 12.6. The van der Waals surface area contributed by atoms with Gasteiger partial charge >= 0.3 is 0 Å². The third kappa shape index (κ3) is 6.08. The van der Waals surface area contributed by atoms with Gasteiger partial charge in [-0.05, 0) is 30.2 Å². The predicted octanol–water partition coefficient (Wildman–Crippen LogP) is 2.24. The lowest BCUT2D eigenvalue weighted by atomic mass is 10.1. The zero-order valence-electron chi connectivity index (χ0n) is 15.9. The Morgan fingerprint density at radius 3 is 2.11 bits per heavy atom. The lowest BCUT2D eigenvalue weighted by Gasteiger charge is -2.23. The van der Waals surface area contributed by atoms with Crippen LogP contribution in [0.25, 0.3) is 0 Å². The fourth-order valence-electron chi connectivity index (χ4n) is 2.60. The van der Waals surface area contributed by atoms with Crippen LogP contribution in [0.3, 0.4) is 0 Å². The summed E-state index contributed by atoms with van der Waals surface area (Å²) >= 11 is 0. The van der Waals surface area contributed by atoms with Gasteiger partial charge in [0.05, 0.1) is 4.90 Å². The van der Waals surface area contributed by atoms with Crippen LogP contribution in [0.1, 0.15) is 13.8 Å². The molecule has 0 aliphatic carbocycles. The lowest BCUT2D eigenvalue weighted by Crippen LogP contribution is -2.50. The summed E-state index contributed by atoms with van der Waals surface area (Å²) in [7, 11) is -1.81. The SMILES string of the molecule is CC(C)[C@H](NS(=O)(=O)c1ccccc1)C(=O)NCCN(C)c1ccccc1. The number of hydrogen-bond donors (Lipinski definition) is 2. The number of hydrogen-bond acceptors (Lipinski definition) is 4. The van der Waals surface area contributed by atoms with E-state index < -0.39 is 16.1 Å². The van der Waals surface area contributed by atoms with Crippen molar-refractivity contribution in [3.8, 4) is 0 Å². The number of rotatable bonds is 9. The van der Waals surface area contributed by atoms with E-state index in [1.165, 1.54) is 12.1 Å². The highest BCUT2D eigenvalue weighted by Crippen LogP contribution is 2.12. The number of benzene rings is 2. The molecule has 0 fully saturated rings. The van der Waals surface area contributed by atoms with Gasteiger partial charge in [-0.2, -0.15) is 4.72 Å². The molecular formula is C20H27N3O3S. The smallest absolute Gasteiger partial charge is 0.241 e. The molecule has 0 aliphatic heterocycles. The van der Waals surface area contributed by atoms with Gasteiger partial charge in [-0.3, -0.25) is 4.79 Å². The minimum absolute atomic E-state index is 0.146. The van der Waals surface area contributed by atoms with E-state index in [4.69, 9.17) is 0 Å². The van der Waals surface area contributed by atoms with Crippen LogP contribution in [0.4, 0.5) is 5.69 Å². The van der Waals surface area contributed by atoms with E-state index in [0.717, 1.165) is 5.69 Å². The van der Waals surface area contributed by atoms with Gasteiger partial charge < -0.3 is 10.2 Å². The Bertz CT molecular complexity index is 824. The van der Waals surface area contributed by atoms with Gasteiger partial charge in [0, 0.05) is 25.8 Å². The Balaban J connectivity index is 1.95. The van der Waals surface area contributed by atoms with Gasteiger partial charge in [0.25, 0.3) is 0 Å². The van der Waals surface area contributed by atoms with Gasteiger partial charge in [-0.1, -0.05) is 50.2 Å². The largest absolute Gasteiger partial charge is 0.373 e. The molecule has 6 nitrogen and oxygen atoms in total. The van der Waals surface area contributed by atoms with E-state index in [1.54, 1.807) is 18.2 Å². The third-order valence-corrected chi connectivity index (χ3v) is 5.69. The van der Waals surface area contributed by atoms with Crippen molar-refractivity contribution in [2.75, 3.05) is 25.0 Å². The van der Waals surface area contributed by atoms with Crippen LogP contribution >= 0.6 is 0 Å². The number of para-hydroxylation sites is 1. The molecule has 2 aromatic rings. The fourth-order valence-corrected chi connectivity index (χ4v) is 3.96. The molecule has 2 N–H and O–H groups in total. The number of carbonyl (C=O) groups is 1. The number of nitrogens with one attached hydrogen (secondary N) is 2. The van der Waals surface area contributed by atoms with Crippen molar-refractivity contribution >= 4 is 21.6 Å². The van der Waals surface area contributed by atoms with Gasteiger partial charge in [-0.15, -0.1) is 0 Å². The molecule has 7 heteroatoms. The summed E-state index contributed by atoms with van der Waals surface area (Å²) in [4.78, 5) is 14.7. The minimum Gasteiger partial charge on any atom is -0.373 e. The van der Waals surface area contributed by atoms with Crippen LogP contribution in [-0.2, 0) is 14.8 Å². The Morgan fingerprint density at radius 1 is 1.00 bits per heavy atom. The summed E-state index contributed by atoms with van der Waals surface area (Å²) in [5.41, 5.74) is 1.05. The fraction of sp³-hybridized carbons (Fsp3) is 0.350. The molecule has 0 aliphatic rings. The minimum atomic E-state index is -3.76. The van der Waals surface area contributed by atoms with Crippen LogP contribution in [0.15, 0.2) is 65.6 Å². The molecular weight excluding hydrogens is 362 g/mol. The quantitative estimate of drug-likeness (QED) is 0.689. The van der Waals surface area contributed by atoms with Gasteiger partial charge in [0.1, 0.15) is 6.04 Å². The van der Waals surface area contributed by atoms with Crippen molar-refractivity contribution in [2.45, 2.75) is 24.8 Å². The first-order valence-electron chi connectivity index (χ1n) is 8.92. The molecule has 0 heterocycles. The second-order valence-electron chi connectivity index (χ2n) is 6.70. The standard InChI is InChI=1S/C20H27N3O3S/c1-16(2)19(22-27(25,26)18-12-8-5-9-13-18)20(24)21-14-15-23(3)17-10-6-4-7-11-17/h4-13,16,19,22H,14-15H2,1-3H3,(H,21,24)/t19-/m0/s1. The summed E-state index contributed by atoms with van der Waals surface area (Å²) in [6, 6.07) is 17.1. The van der Waals surface area contributed by atoms with E-state index in [9.17, 15) is 13.2 Å². The maximum atomic E-state index is 12.6. The molecule has 1 amide bonds. The van der Waals surface area contributed by atoms with Crippen LogP contribution in [0.2, 0.25) is 0 Å². The van der Waals surface area contributed by atoms with Crippen LogP contribution in [0.5, 0.6) is 0 Å². The van der Waals surface area contributed by atoms with Crippen molar-refractivity contribution in [1.82, 2.24) is 10.0 Å². The van der Waals surface area contributed by atoms with Gasteiger partial charge in [0.2, 0.25) is 15.9 Å². The molecule has 27 heavy (non-hydrogen) atoms. The molecule has 0 spiro atoms. The number of nitrogens with zero attached hydrogens (tertiary/aromatic N) is 1. The number of carbonyl (C=O) groups excluding carboxylic acids is 1. The van der Waals surface area contributed by atoms with Crippen LogP contribution in [-0.4, -0.2) is 40.5 Å². The number of likely N-dealkylation sites (N-methyl/N-ethyl adjacent to an activating group) is 1. The second-order valence-corrected chi connectivity index (χ2v) is 8.42. The van der Waals surface area contributed by atoms with Crippen molar-refractivity contribution in [3.63, 3.8) is 0 Å². The van der Waals surface area contributed by atoms with Crippen LogP contribution in [0, 0.1) is 5.92 Å². The lowest BCUT2D eigenvalue weighted by molar-refractivity contribution is -0.123. The Morgan fingerprint density at radius 2 is 1.56 bits per heavy atom. The average molecular weight is 390 g/mol. The maximum Gasteiger partial charge on any atom is 0.241 e. The highest BCUT2D eigenvalue weighted by Gasteiger charge is 2.28. The summed E-state index contributed by atoms with van der Waals surface area (Å²) in [6.45, 7) is 4.66. The Labute approximate surface area is 161 Å². The first-order valence-corrected chi connectivity index (χ1v) is 10.4. The molecule has 0 aromatic heterocycles. The highest BCUT2D eigenvalue weighted by molar-refractivity contribution is 7.89. The number of amides is 1. The molecule has 0 saturated heterocycles. The number of anilines is 1. The van der Waals surface area contributed by atoms with Crippen molar-refractivity contribution in [3.05, 3.63) is 60.7 Å². The third-order valence-electron chi connectivity index (χ3n) is 4.23. The van der Waals surface area contributed by atoms with Crippen molar-refractivity contribution in [1.29, 1.82) is 0 Å². The molecule has 0 bridgehead atoms.